The van der Waals surface area contributed by atoms with Gasteiger partial charge in [0.25, 0.3) is 0 Å². The summed E-state index contributed by atoms with van der Waals surface area (Å²) >= 11 is 3.71. The van der Waals surface area contributed by atoms with E-state index in [0.29, 0.717) is 5.13 Å². The molecular weight excluding hydrogens is 226 g/mol. The van der Waals surface area contributed by atoms with Crippen LogP contribution in [0.25, 0.3) is 0 Å². The van der Waals surface area contributed by atoms with Crippen LogP contribution < -0.4 is 5.73 Å². The van der Waals surface area contributed by atoms with Crippen molar-refractivity contribution in [1.82, 2.24) is 9.88 Å². The fraction of sp³-hybridized carbons (Fsp3) is 0.700. The van der Waals surface area contributed by atoms with E-state index < -0.39 is 0 Å². The smallest absolute Gasteiger partial charge is 0.180 e. The highest BCUT2D eigenvalue weighted by atomic mass is 32.2. The van der Waals surface area contributed by atoms with Gasteiger partial charge in [0.1, 0.15) is 0 Å². The Labute approximate surface area is 99.1 Å². The summed E-state index contributed by atoms with van der Waals surface area (Å²) in [5.74, 6) is 1.26. The third-order valence-electron chi connectivity index (χ3n) is 2.63. The number of hydrogen-bond acceptors (Lipinski definition) is 5. The van der Waals surface area contributed by atoms with Crippen molar-refractivity contribution in [2.75, 3.05) is 24.6 Å². The Bertz CT molecular complexity index is 313. The zero-order valence-corrected chi connectivity index (χ0v) is 10.6. The molecule has 0 bridgehead atoms. The molecule has 1 saturated heterocycles. The third kappa shape index (κ3) is 3.09. The number of nitrogens with zero attached hydrogens (tertiary/aromatic N) is 2. The summed E-state index contributed by atoms with van der Waals surface area (Å²) < 4.78 is 0. The number of thiazole rings is 1. The van der Waals surface area contributed by atoms with Crippen molar-refractivity contribution in [2.24, 2.45) is 0 Å². The highest BCUT2D eigenvalue weighted by molar-refractivity contribution is 8.00. The molecule has 1 aliphatic rings. The summed E-state index contributed by atoms with van der Waals surface area (Å²) in [7, 11) is 0. The molecule has 2 rings (SSSR count). The van der Waals surface area contributed by atoms with Crippen LogP contribution in [0.15, 0.2) is 6.20 Å². The van der Waals surface area contributed by atoms with Gasteiger partial charge in [0.2, 0.25) is 0 Å². The molecule has 0 aromatic carbocycles. The van der Waals surface area contributed by atoms with Crippen molar-refractivity contribution in [3.63, 3.8) is 0 Å². The molecule has 0 radical (unpaired) electrons. The van der Waals surface area contributed by atoms with Crippen molar-refractivity contribution in [3.8, 4) is 0 Å². The van der Waals surface area contributed by atoms with Crippen molar-refractivity contribution in [3.05, 3.63) is 11.1 Å². The molecule has 3 nitrogen and oxygen atoms in total. The molecule has 1 aromatic heterocycles. The van der Waals surface area contributed by atoms with E-state index in [1.807, 2.05) is 6.20 Å². The second kappa shape index (κ2) is 5.18. The molecule has 0 spiro atoms. The normalized spacial score (nSPS) is 23.1. The van der Waals surface area contributed by atoms with Gasteiger partial charge in [-0.1, -0.05) is 6.92 Å². The molecule has 2 N–H and O–H groups in total. The molecule has 0 saturated carbocycles. The van der Waals surface area contributed by atoms with E-state index in [-0.39, 0.29) is 0 Å². The standard InChI is InChI=1S/C10H17N3S2/c1-2-8-6-13(3-4-14-8)7-9-5-12-10(11)15-9/h5,8H,2-4,6-7H2,1H3,(H2,11,12). The summed E-state index contributed by atoms with van der Waals surface area (Å²) in [4.78, 5) is 7.88. The summed E-state index contributed by atoms with van der Waals surface area (Å²) in [6.45, 7) is 5.69. The zero-order valence-electron chi connectivity index (χ0n) is 8.98. The number of anilines is 1. The topological polar surface area (TPSA) is 42.2 Å². The maximum absolute atomic E-state index is 5.62. The van der Waals surface area contributed by atoms with Crippen LogP contribution in [-0.2, 0) is 6.54 Å². The number of nitrogens with two attached hydrogens (primary N) is 1. The fourth-order valence-corrected chi connectivity index (χ4v) is 3.76. The lowest BCUT2D eigenvalue weighted by atomic mass is 10.3. The molecule has 0 amide bonds. The van der Waals surface area contributed by atoms with Crippen LogP contribution >= 0.6 is 23.1 Å². The zero-order chi connectivity index (χ0) is 10.7. The lowest BCUT2D eigenvalue weighted by Gasteiger charge is -2.31. The number of thioether (sulfide) groups is 1. The number of aromatic nitrogens is 1. The van der Waals surface area contributed by atoms with Gasteiger partial charge < -0.3 is 5.73 Å². The Morgan fingerprint density at radius 1 is 1.67 bits per heavy atom. The van der Waals surface area contributed by atoms with Gasteiger partial charge in [0, 0.05) is 41.7 Å². The lowest BCUT2D eigenvalue weighted by molar-refractivity contribution is 0.275. The third-order valence-corrected chi connectivity index (χ3v) is 4.81. The summed E-state index contributed by atoms with van der Waals surface area (Å²) in [5, 5.41) is 1.49. The quantitative estimate of drug-likeness (QED) is 0.882. The van der Waals surface area contributed by atoms with Gasteiger partial charge >= 0.3 is 0 Å². The average Bonchev–Trinajstić information content (AvgIpc) is 2.64. The van der Waals surface area contributed by atoms with Crippen LogP contribution in [0.4, 0.5) is 5.13 Å². The SMILES string of the molecule is CCC1CN(Cc2cnc(N)s2)CCS1. The summed E-state index contributed by atoms with van der Waals surface area (Å²) in [6, 6.07) is 0. The fourth-order valence-electron chi connectivity index (χ4n) is 1.79. The molecule has 1 aromatic rings. The molecular formula is C10H17N3S2. The van der Waals surface area contributed by atoms with Gasteiger partial charge in [0.05, 0.1) is 0 Å². The number of hydrogen-bond donors (Lipinski definition) is 1. The Hall–Kier alpha value is -0.260. The Morgan fingerprint density at radius 2 is 2.53 bits per heavy atom. The van der Waals surface area contributed by atoms with E-state index in [1.165, 1.54) is 30.1 Å². The molecule has 1 fully saturated rings. The minimum absolute atomic E-state index is 0.684. The van der Waals surface area contributed by atoms with Gasteiger partial charge in [-0.2, -0.15) is 11.8 Å². The predicted octanol–water partition coefficient (Wildman–Crippen LogP) is 2.05. The van der Waals surface area contributed by atoms with Crippen molar-refractivity contribution in [2.45, 2.75) is 25.1 Å². The lowest BCUT2D eigenvalue weighted by Crippen LogP contribution is -2.36. The van der Waals surface area contributed by atoms with Crippen molar-refractivity contribution >= 4 is 28.2 Å². The van der Waals surface area contributed by atoms with E-state index >= 15 is 0 Å². The first-order valence-electron chi connectivity index (χ1n) is 5.32. The number of nitrogen functional groups attached to an aromatic ring is 1. The van der Waals surface area contributed by atoms with Crippen LogP contribution in [0, 0.1) is 0 Å². The highest BCUT2D eigenvalue weighted by Gasteiger charge is 2.19. The Kier molecular flexibility index (Phi) is 3.88. The van der Waals surface area contributed by atoms with Crippen LogP contribution in [0.2, 0.25) is 0 Å². The molecule has 1 atom stereocenters. The first-order chi connectivity index (χ1) is 7.28. The van der Waals surface area contributed by atoms with E-state index in [0.717, 1.165) is 11.8 Å². The Balaban J connectivity index is 1.88. The van der Waals surface area contributed by atoms with E-state index in [1.54, 1.807) is 11.3 Å². The van der Waals surface area contributed by atoms with Gasteiger partial charge in [-0.15, -0.1) is 11.3 Å². The first-order valence-corrected chi connectivity index (χ1v) is 7.18. The second-order valence-corrected chi connectivity index (χ2v) is 6.36. The van der Waals surface area contributed by atoms with Gasteiger partial charge in [0.15, 0.2) is 5.13 Å². The van der Waals surface area contributed by atoms with E-state index in [4.69, 9.17) is 5.73 Å². The molecule has 5 heteroatoms. The monoisotopic (exact) mass is 243 g/mol. The molecule has 0 aliphatic carbocycles. The van der Waals surface area contributed by atoms with Crippen LogP contribution in [-0.4, -0.2) is 34.0 Å². The minimum Gasteiger partial charge on any atom is -0.375 e. The second-order valence-electron chi connectivity index (χ2n) is 3.80. The molecule has 84 valence electrons. The molecule has 15 heavy (non-hydrogen) atoms. The van der Waals surface area contributed by atoms with Gasteiger partial charge in [-0.05, 0) is 6.42 Å². The van der Waals surface area contributed by atoms with Gasteiger partial charge in [-0.25, -0.2) is 4.98 Å². The molecule has 1 unspecified atom stereocenters. The van der Waals surface area contributed by atoms with Crippen molar-refractivity contribution < 1.29 is 0 Å². The molecule has 1 aliphatic heterocycles. The van der Waals surface area contributed by atoms with E-state index in [9.17, 15) is 0 Å². The van der Waals surface area contributed by atoms with Crippen molar-refractivity contribution in [1.29, 1.82) is 0 Å². The highest BCUT2D eigenvalue weighted by Crippen LogP contribution is 2.24. The van der Waals surface area contributed by atoms with Crippen LogP contribution in [0.1, 0.15) is 18.2 Å². The maximum Gasteiger partial charge on any atom is 0.180 e. The Morgan fingerprint density at radius 3 is 3.20 bits per heavy atom. The predicted molar refractivity (Wildman–Crippen MR) is 68.3 cm³/mol. The average molecular weight is 243 g/mol. The van der Waals surface area contributed by atoms with Gasteiger partial charge in [-0.3, -0.25) is 4.90 Å². The maximum atomic E-state index is 5.62. The largest absolute Gasteiger partial charge is 0.375 e. The number of rotatable bonds is 3. The minimum atomic E-state index is 0.684. The van der Waals surface area contributed by atoms with E-state index in [2.05, 4.69) is 28.6 Å². The van der Waals surface area contributed by atoms with Crippen LogP contribution in [0.5, 0.6) is 0 Å². The summed E-state index contributed by atoms with van der Waals surface area (Å²) in [6.07, 6.45) is 3.18. The summed E-state index contributed by atoms with van der Waals surface area (Å²) in [5.41, 5.74) is 5.62. The molecule has 2 heterocycles. The first kappa shape index (κ1) is 11.2. The van der Waals surface area contributed by atoms with Crippen LogP contribution in [0.3, 0.4) is 0 Å².